The number of hydrogen-bond acceptors (Lipinski definition) is 11. The predicted octanol–water partition coefficient (Wildman–Crippen LogP) is 4.44. The Hall–Kier alpha value is -5.15. The van der Waals surface area contributed by atoms with Crippen molar-refractivity contribution in [2.45, 2.75) is 69.1 Å². The topological polar surface area (TPSA) is 173 Å². The lowest BCUT2D eigenvalue weighted by atomic mass is 9.65. The maximum Gasteiger partial charge on any atom is 0.302 e. The molecule has 3 heterocycles. The summed E-state index contributed by atoms with van der Waals surface area (Å²) in [5.74, 6) is 7.15. The fourth-order valence-electron chi connectivity index (χ4n) is 8.99. The van der Waals surface area contributed by atoms with Crippen molar-refractivity contribution in [3.63, 3.8) is 0 Å². The summed E-state index contributed by atoms with van der Waals surface area (Å²) in [4.78, 5) is 12.2. The van der Waals surface area contributed by atoms with Gasteiger partial charge in [-0.3, -0.25) is 4.79 Å². The molecule has 8 rings (SSSR count). The largest absolute Gasteiger partial charge is 0.508 e. The molecule has 1 saturated carbocycles. The number of hydrogen-bond donors (Lipinski definition) is 6. The van der Waals surface area contributed by atoms with Gasteiger partial charge in [0.2, 0.25) is 0 Å². The molecule has 7 N–H and O–H groups in total. The van der Waals surface area contributed by atoms with Crippen molar-refractivity contribution in [2.24, 2.45) is 11.7 Å². The molecule has 0 saturated heterocycles. The van der Waals surface area contributed by atoms with Gasteiger partial charge in [-0.05, 0) is 90.5 Å². The van der Waals surface area contributed by atoms with E-state index in [4.69, 9.17) is 24.7 Å². The molecule has 3 aliphatic heterocycles. The van der Waals surface area contributed by atoms with Crippen molar-refractivity contribution in [1.29, 1.82) is 0 Å². The smallest absolute Gasteiger partial charge is 0.302 e. The van der Waals surface area contributed by atoms with E-state index in [2.05, 4.69) is 29.3 Å². The van der Waals surface area contributed by atoms with Crippen LogP contribution in [0.1, 0.15) is 72.4 Å². The Morgan fingerprint density at radius 2 is 1.90 bits per heavy atom. The van der Waals surface area contributed by atoms with Crippen LogP contribution in [0.4, 0.5) is 0 Å². The van der Waals surface area contributed by atoms with Crippen molar-refractivity contribution < 1.29 is 44.2 Å². The first kappa shape index (κ1) is 33.0. The van der Waals surface area contributed by atoms with E-state index in [1.54, 1.807) is 18.2 Å². The van der Waals surface area contributed by atoms with Crippen LogP contribution in [0.15, 0.2) is 59.8 Å². The molecule has 5 aliphatic rings. The first-order valence-corrected chi connectivity index (χ1v) is 17.3. The Morgan fingerprint density at radius 1 is 1.08 bits per heavy atom. The minimum Gasteiger partial charge on any atom is -0.508 e. The second-order valence-electron chi connectivity index (χ2n) is 14.1. The normalized spacial score (nSPS) is 25.1. The van der Waals surface area contributed by atoms with Crippen LogP contribution in [-0.2, 0) is 27.8 Å². The van der Waals surface area contributed by atoms with Gasteiger partial charge in [0.1, 0.15) is 30.0 Å². The number of benzene rings is 3. The fraction of sp³-hybridized carbons (Fsp3) is 0.375. The molecule has 1 fully saturated rings. The number of esters is 1. The standard InChI is InChI=1S/C40H40N2O9/c1-21(45)48-18-30-27-6-7-28-36-25(12-26(46)14-34(36)50-20-44)17-40-10-9-22(16-40)11-24-5-8-35(41)42-31(24)4-2-3-23-13-32(47)33(49-19-43)15-29(23)38(30)51-39(27)37(28)40/h5-8,12-15,22,30,35,38,42-44,46-47H,3,9-11,16-20,41H2,1H3. The first-order valence-electron chi connectivity index (χ1n) is 17.3. The Bertz CT molecular complexity index is 2060. The van der Waals surface area contributed by atoms with E-state index >= 15 is 0 Å². The van der Waals surface area contributed by atoms with Crippen molar-refractivity contribution in [2.75, 3.05) is 20.2 Å². The van der Waals surface area contributed by atoms with Crippen LogP contribution >= 0.6 is 0 Å². The number of phenols is 2. The number of aromatic hydroxyl groups is 2. The van der Waals surface area contributed by atoms with E-state index in [1.807, 2.05) is 12.1 Å². The van der Waals surface area contributed by atoms with Gasteiger partial charge < -0.3 is 50.4 Å². The SMILES string of the molecule is CC(=O)OCC1c2ccc3c4c2OC1c1cc(OCO)c(O)cc1CC#CC1=C(C=CC(N)N1)CC1CCC4(Cc2cc(O)cc(OCO)c2-3)C1. The van der Waals surface area contributed by atoms with Gasteiger partial charge in [-0.15, -0.1) is 0 Å². The number of allylic oxidation sites excluding steroid dienone is 3. The number of nitrogens with one attached hydrogen (secondary N) is 1. The molecule has 4 bridgehead atoms. The highest BCUT2D eigenvalue weighted by Gasteiger charge is 2.51. The Morgan fingerprint density at radius 3 is 2.71 bits per heavy atom. The minimum atomic E-state index is -0.669. The number of phenolic OH excluding ortho intramolecular Hbond substituents is 2. The third-order valence-electron chi connectivity index (χ3n) is 11.0. The molecule has 1 spiro atoms. The van der Waals surface area contributed by atoms with E-state index in [9.17, 15) is 25.2 Å². The molecule has 5 atom stereocenters. The number of ether oxygens (including phenoxy) is 4. The fourth-order valence-corrected chi connectivity index (χ4v) is 8.99. The molecule has 51 heavy (non-hydrogen) atoms. The maximum absolute atomic E-state index is 12.2. The zero-order valence-electron chi connectivity index (χ0n) is 28.2. The van der Waals surface area contributed by atoms with Crippen molar-refractivity contribution in [3.8, 4) is 51.7 Å². The van der Waals surface area contributed by atoms with E-state index in [1.165, 1.54) is 13.0 Å². The molecule has 11 heteroatoms. The minimum absolute atomic E-state index is 0.0390. The summed E-state index contributed by atoms with van der Waals surface area (Å²) < 4.78 is 23.9. The van der Waals surface area contributed by atoms with Crippen molar-refractivity contribution in [3.05, 3.63) is 87.6 Å². The monoisotopic (exact) mass is 692 g/mol. The molecular weight excluding hydrogens is 652 g/mol. The second-order valence-corrected chi connectivity index (χ2v) is 14.1. The Kier molecular flexibility index (Phi) is 8.33. The van der Waals surface area contributed by atoms with Gasteiger partial charge in [-0.25, -0.2) is 0 Å². The molecule has 0 aromatic heterocycles. The number of aliphatic hydroxyl groups is 2. The van der Waals surface area contributed by atoms with Gasteiger partial charge in [0.15, 0.2) is 25.1 Å². The molecule has 2 aliphatic carbocycles. The number of dihydropyridines is 1. The van der Waals surface area contributed by atoms with E-state index in [0.29, 0.717) is 35.0 Å². The van der Waals surface area contributed by atoms with E-state index in [-0.39, 0.29) is 41.9 Å². The van der Waals surface area contributed by atoms with Crippen LogP contribution in [0.2, 0.25) is 0 Å². The molecule has 11 nitrogen and oxygen atoms in total. The van der Waals surface area contributed by atoms with Gasteiger partial charge in [0, 0.05) is 47.1 Å². The molecule has 3 aromatic rings. The number of carbonyl (C=O) groups is 1. The van der Waals surface area contributed by atoms with Crippen molar-refractivity contribution in [1.82, 2.24) is 5.32 Å². The van der Waals surface area contributed by atoms with Crippen LogP contribution < -0.4 is 25.3 Å². The Balaban J connectivity index is 1.39. The molecular formula is C40H40N2O9. The van der Waals surface area contributed by atoms with Gasteiger partial charge in [-0.1, -0.05) is 24.1 Å². The van der Waals surface area contributed by atoms with Gasteiger partial charge in [0.05, 0.1) is 17.8 Å². The molecule has 264 valence electrons. The first-order chi connectivity index (χ1) is 24.7. The third-order valence-corrected chi connectivity index (χ3v) is 11.0. The highest BCUT2D eigenvalue weighted by molar-refractivity contribution is 5.84. The summed E-state index contributed by atoms with van der Waals surface area (Å²) in [5, 5.41) is 44.5. The summed E-state index contributed by atoms with van der Waals surface area (Å²) in [7, 11) is 0. The number of fused-ring (bicyclic) bond motifs is 6. The third kappa shape index (κ3) is 5.73. The summed E-state index contributed by atoms with van der Waals surface area (Å²) in [6, 6.07) is 10.6. The number of rotatable bonds is 6. The number of carbonyl (C=O) groups excluding carboxylic acids is 1. The lowest BCUT2D eigenvalue weighted by Crippen LogP contribution is -2.37. The average Bonchev–Trinajstić information content (AvgIpc) is 3.66. The van der Waals surface area contributed by atoms with E-state index in [0.717, 1.165) is 64.8 Å². The quantitative estimate of drug-likeness (QED) is 0.123. The zero-order valence-corrected chi connectivity index (χ0v) is 28.2. The molecule has 3 aromatic carbocycles. The number of aliphatic hydroxyl groups excluding tert-OH is 2. The summed E-state index contributed by atoms with van der Waals surface area (Å²) in [5.41, 5.74) is 13.7. The Labute approximate surface area is 295 Å². The molecule has 0 radical (unpaired) electrons. The lowest BCUT2D eigenvalue weighted by Gasteiger charge is -2.39. The molecule has 5 unspecified atom stereocenters. The van der Waals surface area contributed by atoms with Crippen LogP contribution in [0.3, 0.4) is 0 Å². The van der Waals surface area contributed by atoms with Crippen LogP contribution in [0, 0.1) is 17.8 Å². The average molecular weight is 693 g/mol. The summed E-state index contributed by atoms with van der Waals surface area (Å²) >= 11 is 0. The maximum atomic E-state index is 12.2. The summed E-state index contributed by atoms with van der Waals surface area (Å²) in [6.07, 6.45) is 7.27. The summed E-state index contributed by atoms with van der Waals surface area (Å²) in [6.45, 7) is 0.212. The van der Waals surface area contributed by atoms with Crippen molar-refractivity contribution >= 4 is 5.97 Å². The highest BCUT2D eigenvalue weighted by Crippen LogP contribution is 2.62. The number of nitrogens with two attached hydrogens (primary N) is 1. The van der Waals surface area contributed by atoms with E-state index < -0.39 is 31.6 Å². The van der Waals surface area contributed by atoms with Crippen LogP contribution in [0.25, 0.3) is 11.1 Å². The van der Waals surface area contributed by atoms with Gasteiger partial charge in [-0.2, -0.15) is 0 Å². The second kappa shape index (κ2) is 12.9. The highest BCUT2D eigenvalue weighted by atomic mass is 16.6. The van der Waals surface area contributed by atoms with Crippen LogP contribution in [-0.4, -0.2) is 52.8 Å². The van der Waals surface area contributed by atoms with Gasteiger partial charge >= 0.3 is 5.97 Å². The predicted molar refractivity (Wildman–Crippen MR) is 186 cm³/mol. The van der Waals surface area contributed by atoms with Crippen LogP contribution in [0.5, 0.6) is 28.7 Å². The lowest BCUT2D eigenvalue weighted by molar-refractivity contribution is -0.141. The zero-order chi connectivity index (χ0) is 35.4. The molecule has 0 amide bonds. The van der Waals surface area contributed by atoms with Gasteiger partial charge in [0.25, 0.3) is 0 Å².